The number of anilines is 2. The molecule has 1 aromatic rings. The van der Waals surface area contributed by atoms with Gasteiger partial charge in [0.15, 0.2) is 0 Å². The van der Waals surface area contributed by atoms with E-state index in [1.165, 1.54) is 12.1 Å². The maximum atomic E-state index is 10.9. The van der Waals surface area contributed by atoms with Crippen LogP contribution in [0.25, 0.3) is 0 Å². The molecule has 3 N–H and O–H groups in total. The number of nitrogens with zero attached hydrogens (tertiary/aromatic N) is 2. The zero-order valence-corrected chi connectivity index (χ0v) is 11.9. The fraction of sp³-hybridized carbons (Fsp3) is 0.615. The van der Waals surface area contributed by atoms with Crippen molar-refractivity contribution < 1.29 is 10.0 Å². The van der Waals surface area contributed by atoms with Gasteiger partial charge in [-0.15, -0.1) is 0 Å². The van der Waals surface area contributed by atoms with Crippen LogP contribution in [-0.2, 0) is 0 Å². The highest BCUT2D eigenvalue weighted by Crippen LogP contribution is 2.20. The monoisotopic (exact) mass is 282 g/mol. The summed E-state index contributed by atoms with van der Waals surface area (Å²) < 4.78 is 0. The summed E-state index contributed by atoms with van der Waals surface area (Å²) in [7, 11) is 0. The number of rotatable bonds is 9. The summed E-state index contributed by atoms with van der Waals surface area (Å²) in [6.07, 6.45) is 1.78. The second-order valence-electron chi connectivity index (χ2n) is 4.74. The van der Waals surface area contributed by atoms with Crippen LogP contribution >= 0.6 is 0 Å². The molecule has 1 aromatic heterocycles. The molecular formula is C13H22N4O3. The topological polar surface area (TPSA) is 100 Å². The van der Waals surface area contributed by atoms with Crippen LogP contribution in [0.4, 0.5) is 17.3 Å². The number of aromatic nitrogens is 1. The highest BCUT2D eigenvalue weighted by molar-refractivity contribution is 5.54. The summed E-state index contributed by atoms with van der Waals surface area (Å²) in [4.78, 5) is 14.7. The summed E-state index contributed by atoms with van der Waals surface area (Å²) in [5.74, 6) is 1.26. The van der Waals surface area contributed by atoms with Gasteiger partial charge in [0.05, 0.1) is 17.1 Å². The van der Waals surface area contributed by atoms with E-state index in [1.807, 2.05) is 13.8 Å². The van der Waals surface area contributed by atoms with E-state index in [2.05, 4.69) is 15.6 Å². The standard InChI is InChI=1S/C13H22N4O3/c1-3-14-12-7-11(17(19)20)8-13(16-12)15-6-4-5-10(2)9-18/h7-8,10,18H,3-6,9H2,1-2H3,(H2,14,15,16). The Balaban J connectivity index is 2.61. The number of nitro groups is 1. The van der Waals surface area contributed by atoms with E-state index in [1.54, 1.807) is 0 Å². The van der Waals surface area contributed by atoms with Crippen LogP contribution in [0, 0.1) is 16.0 Å². The van der Waals surface area contributed by atoms with Gasteiger partial charge in [-0.25, -0.2) is 4.98 Å². The zero-order valence-electron chi connectivity index (χ0n) is 11.9. The van der Waals surface area contributed by atoms with Crippen molar-refractivity contribution in [2.24, 2.45) is 5.92 Å². The van der Waals surface area contributed by atoms with Crippen LogP contribution in [-0.4, -0.2) is 34.7 Å². The molecule has 0 saturated heterocycles. The number of nitrogens with one attached hydrogen (secondary N) is 2. The molecule has 0 spiro atoms. The lowest BCUT2D eigenvalue weighted by molar-refractivity contribution is -0.384. The first kappa shape index (κ1) is 16.2. The van der Waals surface area contributed by atoms with E-state index >= 15 is 0 Å². The van der Waals surface area contributed by atoms with Gasteiger partial charge in [-0.1, -0.05) is 6.92 Å². The molecule has 0 aromatic carbocycles. The molecule has 1 atom stereocenters. The maximum absolute atomic E-state index is 10.9. The first-order valence-electron chi connectivity index (χ1n) is 6.81. The minimum atomic E-state index is -0.429. The van der Waals surface area contributed by atoms with Gasteiger partial charge in [-0.3, -0.25) is 10.1 Å². The Morgan fingerprint density at radius 2 is 2.05 bits per heavy atom. The van der Waals surface area contributed by atoms with Gasteiger partial charge >= 0.3 is 0 Å². The number of pyridine rings is 1. The average molecular weight is 282 g/mol. The van der Waals surface area contributed by atoms with Crippen molar-refractivity contribution in [3.05, 3.63) is 22.2 Å². The van der Waals surface area contributed by atoms with Gasteiger partial charge in [0.1, 0.15) is 11.6 Å². The van der Waals surface area contributed by atoms with Crippen LogP contribution in [0.15, 0.2) is 12.1 Å². The van der Waals surface area contributed by atoms with Gasteiger partial charge in [-0.2, -0.15) is 0 Å². The second kappa shape index (κ2) is 8.31. The Morgan fingerprint density at radius 3 is 2.60 bits per heavy atom. The molecule has 0 aliphatic carbocycles. The van der Waals surface area contributed by atoms with Crippen molar-refractivity contribution in [3.8, 4) is 0 Å². The Bertz CT molecular complexity index is 440. The number of aliphatic hydroxyl groups excluding tert-OH is 1. The summed E-state index contributed by atoms with van der Waals surface area (Å²) in [6, 6.07) is 2.85. The lowest BCUT2D eigenvalue weighted by Crippen LogP contribution is -2.09. The van der Waals surface area contributed by atoms with E-state index in [-0.39, 0.29) is 18.2 Å². The molecule has 1 rings (SSSR count). The van der Waals surface area contributed by atoms with Crippen molar-refractivity contribution in [3.63, 3.8) is 0 Å². The number of aliphatic hydroxyl groups is 1. The van der Waals surface area contributed by atoms with Crippen LogP contribution in [0.3, 0.4) is 0 Å². The maximum Gasteiger partial charge on any atom is 0.276 e. The minimum Gasteiger partial charge on any atom is -0.396 e. The van der Waals surface area contributed by atoms with Gasteiger partial charge < -0.3 is 15.7 Å². The second-order valence-corrected chi connectivity index (χ2v) is 4.74. The molecule has 112 valence electrons. The molecular weight excluding hydrogens is 260 g/mol. The van der Waals surface area contributed by atoms with Gasteiger partial charge in [0.2, 0.25) is 0 Å². The third kappa shape index (κ3) is 5.40. The Labute approximate surface area is 118 Å². The molecule has 7 heteroatoms. The largest absolute Gasteiger partial charge is 0.396 e. The number of hydrogen-bond donors (Lipinski definition) is 3. The molecule has 0 radical (unpaired) electrons. The summed E-state index contributed by atoms with van der Waals surface area (Å²) >= 11 is 0. The number of hydrogen-bond acceptors (Lipinski definition) is 6. The van der Waals surface area contributed by atoms with E-state index in [0.717, 1.165) is 12.8 Å². The van der Waals surface area contributed by atoms with Crippen molar-refractivity contribution >= 4 is 17.3 Å². The highest BCUT2D eigenvalue weighted by atomic mass is 16.6. The van der Waals surface area contributed by atoms with Crippen LogP contribution in [0.2, 0.25) is 0 Å². The molecule has 0 saturated carbocycles. The molecule has 0 aliphatic heterocycles. The summed E-state index contributed by atoms with van der Waals surface area (Å²) in [5, 5.41) is 25.8. The Morgan fingerprint density at radius 1 is 1.40 bits per heavy atom. The molecule has 0 aliphatic rings. The first-order chi connectivity index (χ1) is 9.56. The normalized spacial score (nSPS) is 11.9. The minimum absolute atomic E-state index is 0.0159. The SMILES string of the molecule is CCNc1cc([N+](=O)[O-])cc(NCCCC(C)CO)n1. The van der Waals surface area contributed by atoms with Crippen molar-refractivity contribution in [2.75, 3.05) is 30.3 Å². The van der Waals surface area contributed by atoms with Crippen molar-refractivity contribution in [1.82, 2.24) is 4.98 Å². The highest BCUT2D eigenvalue weighted by Gasteiger charge is 2.10. The van der Waals surface area contributed by atoms with Gasteiger partial charge in [0, 0.05) is 19.7 Å². The van der Waals surface area contributed by atoms with Crippen LogP contribution < -0.4 is 10.6 Å². The van der Waals surface area contributed by atoms with Crippen LogP contribution in [0.1, 0.15) is 26.7 Å². The molecule has 1 heterocycles. The lowest BCUT2D eigenvalue weighted by atomic mass is 10.1. The van der Waals surface area contributed by atoms with Crippen molar-refractivity contribution in [1.29, 1.82) is 0 Å². The smallest absolute Gasteiger partial charge is 0.276 e. The molecule has 0 bridgehead atoms. The van der Waals surface area contributed by atoms with Gasteiger partial charge in [0.25, 0.3) is 5.69 Å². The van der Waals surface area contributed by atoms with E-state index in [4.69, 9.17) is 5.11 Å². The Hall–Kier alpha value is -1.89. The summed E-state index contributed by atoms with van der Waals surface area (Å²) in [6.45, 7) is 5.39. The van der Waals surface area contributed by atoms with E-state index < -0.39 is 4.92 Å². The molecule has 1 unspecified atom stereocenters. The summed E-state index contributed by atoms with van der Waals surface area (Å²) in [5.41, 5.74) is 0.0159. The lowest BCUT2D eigenvalue weighted by Gasteiger charge is -2.10. The fourth-order valence-corrected chi connectivity index (χ4v) is 1.74. The third-order valence-corrected chi connectivity index (χ3v) is 2.87. The fourth-order valence-electron chi connectivity index (χ4n) is 1.74. The van der Waals surface area contributed by atoms with Gasteiger partial charge in [-0.05, 0) is 25.7 Å². The average Bonchev–Trinajstić information content (AvgIpc) is 2.43. The van der Waals surface area contributed by atoms with Crippen molar-refractivity contribution in [2.45, 2.75) is 26.7 Å². The molecule has 0 fully saturated rings. The zero-order chi connectivity index (χ0) is 15.0. The van der Waals surface area contributed by atoms with E-state index in [9.17, 15) is 10.1 Å². The van der Waals surface area contributed by atoms with E-state index in [0.29, 0.717) is 24.7 Å². The first-order valence-corrected chi connectivity index (χ1v) is 6.81. The quantitative estimate of drug-likeness (QED) is 0.365. The van der Waals surface area contributed by atoms with Crippen LogP contribution in [0.5, 0.6) is 0 Å². The molecule has 7 nitrogen and oxygen atoms in total. The third-order valence-electron chi connectivity index (χ3n) is 2.87. The predicted octanol–water partition coefficient (Wildman–Crippen LogP) is 2.24. The predicted molar refractivity (Wildman–Crippen MR) is 79.0 cm³/mol. The molecule has 0 amide bonds. The Kier molecular flexibility index (Phi) is 6.72. The molecule has 20 heavy (non-hydrogen) atoms.